The number of carbonyl (C=O) groups excluding carboxylic acids is 1. The molecule has 0 spiro atoms. The molecule has 1 amide bonds. The molecule has 9 heteroatoms. The predicted molar refractivity (Wildman–Crippen MR) is 94.5 cm³/mol. The number of piperidine rings is 1. The molecule has 1 aliphatic heterocycles. The molecule has 1 N–H and O–H groups in total. The third-order valence-electron chi connectivity index (χ3n) is 3.92. The van der Waals surface area contributed by atoms with Gasteiger partial charge in [0.2, 0.25) is 10.0 Å². The summed E-state index contributed by atoms with van der Waals surface area (Å²) in [4.78, 5) is 14.5. The van der Waals surface area contributed by atoms with E-state index in [4.69, 9.17) is 27.9 Å². The van der Waals surface area contributed by atoms with Gasteiger partial charge in [-0.05, 0) is 31.4 Å². The molecular weight excluding hydrogens is 375 g/mol. The SMILES string of the molecule is COc1c(Cl)cc(C(=O)N2CCCCC2CNS(C)(=O)=O)cc1Cl. The Morgan fingerprint density at radius 2 is 1.96 bits per heavy atom. The van der Waals surface area contributed by atoms with E-state index in [0.717, 1.165) is 25.5 Å². The van der Waals surface area contributed by atoms with Crippen molar-refractivity contribution >= 4 is 39.1 Å². The number of benzene rings is 1. The highest BCUT2D eigenvalue weighted by molar-refractivity contribution is 7.88. The Balaban J connectivity index is 2.22. The number of nitrogens with zero attached hydrogens (tertiary/aromatic N) is 1. The lowest BCUT2D eigenvalue weighted by Crippen LogP contribution is -2.49. The van der Waals surface area contributed by atoms with E-state index in [9.17, 15) is 13.2 Å². The molecule has 0 aliphatic carbocycles. The predicted octanol–water partition coefficient (Wildman–Crippen LogP) is 2.55. The average molecular weight is 395 g/mol. The third-order valence-corrected chi connectivity index (χ3v) is 5.17. The Bertz CT molecular complexity index is 701. The minimum atomic E-state index is -3.31. The molecule has 0 radical (unpaired) electrons. The van der Waals surface area contributed by atoms with E-state index in [1.165, 1.54) is 19.2 Å². The highest BCUT2D eigenvalue weighted by Crippen LogP contribution is 2.34. The van der Waals surface area contributed by atoms with Crippen LogP contribution in [0.2, 0.25) is 10.0 Å². The van der Waals surface area contributed by atoms with Crippen molar-refractivity contribution in [3.8, 4) is 5.75 Å². The van der Waals surface area contributed by atoms with Crippen LogP contribution in [0.1, 0.15) is 29.6 Å². The minimum Gasteiger partial charge on any atom is -0.494 e. The molecule has 0 saturated carbocycles. The maximum absolute atomic E-state index is 12.8. The summed E-state index contributed by atoms with van der Waals surface area (Å²) >= 11 is 12.2. The maximum Gasteiger partial charge on any atom is 0.254 e. The highest BCUT2D eigenvalue weighted by Gasteiger charge is 2.28. The third kappa shape index (κ3) is 4.75. The van der Waals surface area contributed by atoms with Gasteiger partial charge < -0.3 is 9.64 Å². The number of amides is 1. The number of halogens is 2. The van der Waals surface area contributed by atoms with E-state index >= 15 is 0 Å². The van der Waals surface area contributed by atoms with Crippen LogP contribution >= 0.6 is 23.2 Å². The van der Waals surface area contributed by atoms with Crippen LogP contribution in [0.25, 0.3) is 0 Å². The second kappa shape index (κ2) is 7.91. The van der Waals surface area contributed by atoms with Crippen LogP contribution in [0.5, 0.6) is 5.75 Å². The molecule has 1 fully saturated rings. The zero-order chi connectivity index (χ0) is 17.9. The van der Waals surface area contributed by atoms with Crippen molar-refractivity contribution in [1.82, 2.24) is 9.62 Å². The molecule has 24 heavy (non-hydrogen) atoms. The molecule has 1 aliphatic rings. The van der Waals surface area contributed by atoms with Crippen LogP contribution in [0.3, 0.4) is 0 Å². The first-order valence-corrected chi connectivity index (χ1v) is 10.2. The van der Waals surface area contributed by atoms with Gasteiger partial charge in [-0.15, -0.1) is 0 Å². The molecule has 1 aromatic rings. The molecule has 0 bridgehead atoms. The Hall–Kier alpha value is -1.02. The number of methoxy groups -OCH3 is 1. The fourth-order valence-electron chi connectivity index (χ4n) is 2.77. The number of hydrogen-bond donors (Lipinski definition) is 1. The molecule has 1 atom stereocenters. The van der Waals surface area contributed by atoms with Gasteiger partial charge in [0.25, 0.3) is 5.91 Å². The Kier molecular flexibility index (Phi) is 6.36. The van der Waals surface area contributed by atoms with Crippen LogP contribution in [0.15, 0.2) is 12.1 Å². The lowest BCUT2D eigenvalue weighted by atomic mass is 10.0. The Morgan fingerprint density at radius 3 is 2.50 bits per heavy atom. The van der Waals surface area contributed by atoms with E-state index in [2.05, 4.69) is 4.72 Å². The molecule has 2 rings (SSSR count). The minimum absolute atomic E-state index is 0.194. The number of rotatable bonds is 5. The largest absolute Gasteiger partial charge is 0.494 e. The fraction of sp³-hybridized carbons (Fsp3) is 0.533. The zero-order valence-corrected chi connectivity index (χ0v) is 15.8. The summed E-state index contributed by atoms with van der Waals surface area (Å²) in [6.45, 7) is 0.762. The lowest BCUT2D eigenvalue weighted by molar-refractivity contribution is 0.0619. The lowest BCUT2D eigenvalue weighted by Gasteiger charge is -2.36. The summed E-state index contributed by atoms with van der Waals surface area (Å²) in [5, 5.41) is 0.521. The molecule has 1 saturated heterocycles. The highest BCUT2D eigenvalue weighted by atomic mass is 35.5. The second-order valence-corrected chi connectivity index (χ2v) is 8.39. The first kappa shape index (κ1) is 19.3. The first-order chi connectivity index (χ1) is 11.2. The van der Waals surface area contributed by atoms with Gasteiger partial charge in [-0.2, -0.15) is 0 Å². The van der Waals surface area contributed by atoms with Gasteiger partial charge in [-0.1, -0.05) is 23.2 Å². The maximum atomic E-state index is 12.8. The molecule has 1 aromatic carbocycles. The smallest absolute Gasteiger partial charge is 0.254 e. The van der Waals surface area contributed by atoms with E-state index in [0.29, 0.717) is 17.9 Å². The van der Waals surface area contributed by atoms with Gasteiger partial charge >= 0.3 is 0 Å². The molecule has 1 unspecified atom stereocenters. The van der Waals surface area contributed by atoms with Gasteiger partial charge in [-0.3, -0.25) is 4.79 Å². The molecule has 1 heterocycles. The van der Waals surface area contributed by atoms with Crippen LogP contribution in [0, 0.1) is 0 Å². The second-order valence-electron chi connectivity index (χ2n) is 5.74. The summed E-state index contributed by atoms with van der Waals surface area (Å²) in [5.74, 6) is 0.102. The van der Waals surface area contributed by atoms with Gasteiger partial charge in [0.05, 0.1) is 23.4 Å². The van der Waals surface area contributed by atoms with E-state index in [1.54, 1.807) is 4.90 Å². The Morgan fingerprint density at radius 1 is 1.33 bits per heavy atom. The number of ether oxygens (including phenoxy) is 1. The van der Waals surface area contributed by atoms with Gasteiger partial charge in [0, 0.05) is 24.7 Å². The standard InChI is InChI=1S/C15H20Cl2N2O4S/c1-23-14-12(16)7-10(8-13(14)17)15(20)19-6-4-3-5-11(19)9-18-24(2,21)22/h7-8,11,18H,3-6,9H2,1-2H3. The first-order valence-electron chi connectivity index (χ1n) is 7.51. The number of sulfonamides is 1. The van der Waals surface area contributed by atoms with Crippen LogP contribution in [0.4, 0.5) is 0 Å². The topological polar surface area (TPSA) is 75.7 Å². The molecule has 0 aromatic heterocycles. The van der Waals surface area contributed by atoms with Gasteiger partial charge in [-0.25, -0.2) is 13.1 Å². The van der Waals surface area contributed by atoms with Crippen molar-refractivity contribution in [3.05, 3.63) is 27.7 Å². The Labute approximate surface area is 152 Å². The quantitative estimate of drug-likeness (QED) is 0.832. The van der Waals surface area contributed by atoms with Crippen molar-refractivity contribution < 1.29 is 17.9 Å². The summed E-state index contributed by atoms with van der Waals surface area (Å²) in [7, 11) is -1.86. The molecule has 134 valence electrons. The van der Waals surface area contributed by atoms with Gasteiger partial charge in [0.15, 0.2) is 5.75 Å². The summed E-state index contributed by atoms with van der Waals surface area (Å²) in [6, 6.07) is 2.84. The van der Waals surface area contributed by atoms with Crippen LogP contribution in [-0.4, -0.2) is 51.7 Å². The molecule has 6 nitrogen and oxygen atoms in total. The fourth-order valence-corrected chi connectivity index (χ4v) is 3.91. The zero-order valence-electron chi connectivity index (χ0n) is 13.5. The number of likely N-dealkylation sites (tertiary alicyclic amines) is 1. The number of carbonyl (C=O) groups is 1. The summed E-state index contributed by atoms with van der Waals surface area (Å²) in [5.41, 5.74) is 0.358. The summed E-state index contributed by atoms with van der Waals surface area (Å²) < 4.78 is 30.2. The average Bonchev–Trinajstić information content (AvgIpc) is 2.51. The van der Waals surface area contributed by atoms with Crippen LogP contribution in [-0.2, 0) is 10.0 Å². The van der Waals surface area contributed by atoms with E-state index in [1.807, 2.05) is 0 Å². The van der Waals surface area contributed by atoms with Crippen molar-refractivity contribution in [3.63, 3.8) is 0 Å². The van der Waals surface area contributed by atoms with Crippen molar-refractivity contribution in [1.29, 1.82) is 0 Å². The van der Waals surface area contributed by atoms with E-state index < -0.39 is 10.0 Å². The van der Waals surface area contributed by atoms with Gasteiger partial charge in [0.1, 0.15) is 0 Å². The molecular formula is C15H20Cl2N2O4S. The monoisotopic (exact) mass is 394 g/mol. The van der Waals surface area contributed by atoms with E-state index in [-0.39, 0.29) is 28.5 Å². The van der Waals surface area contributed by atoms with Crippen molar-refractivity contribution in [2.24, 2.45) is 0 Å². The number of hydrogen-bond acceptors (Lipinski definition) is 4. The number of nitrogens with one attached hydrogen (secondary N) is 1. The van der Waals surface area contributed by atoms with Crippen molar-refractivity contribution in [2.45, 2.75) is 25.3 Å². The van der Waals surface area contributed by atoms with Crippen molar-refractivity contribution in [2.75, 3.05) is 26.5 Å². The summed E-state index contributed by atoms with van der Waals surface area (Å²) in [6.07, 6.45) is 3.67. The van der Waals surface area contributed by atoms with Crippen LogP contribution < -0.4 is 9.46 Å². The normalized spacial score (nSPS) is 18.5.